The molecule has 0 radical (unpaired) electrons. The van der Waals surface area contributed by atoms with Gasteiger partial charge in [-0.2, -0.15) is 0 Å². The third-order valence-corrected chi connectivity index (χ3v) is 9.61. The van der Waals surface area contributed by atoms with Crippen molar-refractivity contribution in [1.82, 2.24) is 5.32 Å². The molecule has 1 N–H and O–H groups in total. The number of ether oxygens (including phenoxy) is 3. The molecule has 3 aliphatic rings. The van der Waals surface area contributed by atoms with Crippen molar-refractivity contribution in [1.29, 1.82) is 0 Å². The number of benzene rings is 4. The van der Waals surface area contributed by atoms with Gasteiger partial charge < -0.3 is 19.5 Å². The maximum absolute atomic E-state index is 13.5. The van der Waals surface area contributed by atoms with E-state index in [4.69, 9.17) is 14.2 Å². The molecule has 0 spiro atoms. The zero-order chi connectivity index (χ0) is 30.9. The molecule has 1 atom stereocenters. The maximum atomic E-state index is 13.5. The number of nitrogens with one attached hydrogen (secondary N) is 1. The Bertz CT molecular complexity index is 1530. The van der Waals surface area contributed by atoms with E-state index in [2.05, 4.69) is 78.1 Å². The predicted molar refractivity (Wildman–Crippen MR) is 178 cm³/mol. The lowest BCUT2D eigenvalue weighted by Gasteiger charge is -2.43. The maximum Gasteiger partial charge on any atom is 0.312 e. The van der Waals surface area contributed by atoms with Crippen LogP contribution in [-0.4, -0.2) is 26.2 Å². The third-order valence-electron chi connectivity index (χ3n) is 9.61. The molecule has 3 saturated carbocycles. The molecule has 5 heteroatoms. The van der Waals surface area contributed by atoms with Crippen LogP contribution in [0.1, 0.15) is 72.4 Å². The van der Waals surface area contributed by atoms with E-state index in [1.807, 2.05) is 30.3 Å². The molecule has 0 amide bonds. The summed E-state index contributed by atoms with van der Waals surface area (Å²) in [7, 11) is 1.70. The molecule has 2 bridgehead atoms. The number of rotatable bonds is 14. The number of carbonyl (C=O) groups is 1. The Morgan fingerprint density at radius 2 is 1.58 bits per heavy atom. The van der Waals surface area contributed by atoms with Crippen molar-refractivity contribution in [3.8, 4) is 11.5 Å². The van der Waals surface area contributed by atoms with Crippen molar-refractivity contribution in [3.63, 3.8) is 0 Å². The Hall–Kier alpha value is -4.09. The van der Waals surface area contributed by atoms with Gasteiger partial charge >= 0.3 is 5.97 Å². The molecule has 4 aromatic rings. The summed E-state index contributed by atoms with van der Waals surface area (Å²) in [6, 6.07) is 35.4. The van der Waals surface area contributed by atoms with Gasteiger partial charge in [0, 0.05) is 18.5 Å². The number of hydrogen-bond acceptors (Lipinski definition) is 5. The molecule has 45 heavy (non-hydrogen) atoms. The molecule has 7 rings (SSSR count). The standard InChI is InChI=1S/C40H45NO4/c1-43-36-17-10-16-33(26-36)38(41-23-20-30-11-4-2-5-12-30)34-18-19-37(44-24-21-31-13-6-3-7-14-31)35(25-34)29-45-39(42)40-22-9-8-15-32(27-40)28-40/h2-7,10-14,16-19,25-26,32,38,41H,8-9,15,20-24,27-29H2,1H3. The first-order valence-corrected chi connectivity index (χ1v) is 16.5. The van der Waals surface area contributed by atoms with Crippen LogP contribution in [0.5, 0.6) is 11.5 Å². The minimum Gasteiger partial charge on any atom is -0.497 e. The van der Waals surface area contributed by atoms with Crippen molar-refractivity contribution >= 4 is 5.97 Å². The highest BCUT2D eigenvalue weighted by molar-refractivity contribution is 5.78. The Morgan fingerprint density at radius 1 is 0.844 bits per heavy atom. The molecular weight excluding hydrogens is 558 g/mol. The summed E-state index contributed by atoms with van der Waals surface area (Å²) in [6.07, 6.45) is 8.22. The van der Waals surface area contributed by atoms with E-state index in [0.717, 1.165) is 73.3 Å². The first-order chi connectivity index (χ1) is 22.1. The van der Waals surface area contributed by atoms with Crippen molar-refractivity contribution in [2.75, 3.05) is 20.3 Å². The number of hydrogen-bond donors (Lipinski definition) is 1. The van der Waals surface area contributed by atoms with Gasteiger partial charge in [0.05, 0.1) is 25.2 Å². The van der Waals surface area contributed by atoms with Gasteiger partial charge in [0.25, 0.3) is 0 Å². The molecular formula is C40H45NO4. The first-order valence-electron chi connectivity index (χ1n) is 16.5. The fourth-order valence-electron chi connectivity index (χ4n) is 7.13. The van der Waals surface area contributed by atoms with Crippen LogP contribution >= 0.6 is 0 Å². The molecule has 0 aliphatic heterocycles. The van der Waals surface area contributed by atoms with Crippen LogP contribution < -0.4 is 14.8 Å². The van der Waals surface area contributed by atoms with E-state index in [9.17, 15) is 4.79 Å². The summed E-state index contributed by atoms with van der Waals surface area (Å²) in [5.41, 5.74) is 5.34. The molecule has 5 nitrogen and oxygen atoms in total. The second-order valence-electron chi connectivity index (χ2n) is 12.7. The van der Waals surface area contributed by atoms with Crippen LogP contribution in [0.25, 0.3) is 0 Å². The predicted octanol–water partition coefficient (Wildman–Crippen LogP) is 8.25. The van der Waals surface area contributed by atoms with Gasteiger partial charge in [-0.15, -0.1) is 0 Å². The Labute approximate surface area is 267 Å². The molecule has 0 saturated heterocycles. The fraction of sp³-hybridized carbons (Fsp3) is 0.375. The second-order valence-corrected chi connectivity index (χ2v) is 12.7. The SMILES string of the molecule is COc1cccc(C(NCCc2ccccc2)c2ccc(OCCc3ccccc3)c(COC(=O)C34CCCCC(C3)C4)c2)c1. The highest BCUT2D eigenvalue weighted by Crippen LogP contribution is 2.54. The molecule has 3 aliphatic carbocycles. The lowest BCUT2D eigenvalue weighted by Crippen LogP contribution is -2.43. The second kappa shape index (κ2) is 14.8. The lowest BCUT2D eigenvalue weighted by molar-refractivity contribution is -0.166. The number of carbonyl (C=O) groups excluding carboxylic acids is 1. The van der Waals surface area contributed by atoms with Crippen molar-refractivity contribution < 1.29 is 19.0 Å². The summed E-state index contributed by atoms with van der Waals surface area (Å²) >= 11 is 0. The van der Waals surface area contributed by atoms with Crippen molar-refractivity contribution in [2.45, 2.75) is 64.0 Å². The van der Waals surface area contributed by atoms with Crippen molar-refractivity contribution in [3.05, 3.63) is 131 Å². The van der Waals surface area contributed by atoms with Crippen LogP contribution in [0.4, 0.5) is 0 Å². The topological polar surface area (TPSA) is 56.8 Å². The Morgan fingerprint density at radius 3 is 2.33 bits per heavy atom. The largest absolute Gasteiger partial charge is 0.497 e. The molecule has 3 fully saturated rings. The summed E-state index contributed by atoms with van der Waals surface area (Å²) in [4.78, 5) is 13.5. The monoisotopic (exact) mass is 603 g/mol. The quantitative estimate of drug-likeness (QED) is 0.147. The van der Waals surface area contributed by atoms with Crippen LogP contribution in [0, 0.1) is 11.3 Å². The average Bonchev–Trinajstić information content (AvgIpc) is 3.43. The van der Waals surface area contributed by atoms with E-state index in [1.165, 1.54) is 24.0 Å². The molecule has 0 aromatic heterocycles. The van der Waals surface area contributed by atoms with Gasteiger partial charge in [0.1, 0.15) is 18.1 Å². The van der Waals surface area contributed by atoms with E-state index < -0.39 is 0 Å². The fourth-order valence-corrected chi connectivity index (χ4v) is 7.13. The summed E-state index contributed by atoms with van der Waals surface area (Å²) in [5, 5.41) is 3.80. The molecule has 1 unspecified atom stereocenters. The van der Waals surface area contributed by atoms with Gasteiger partial charge in [-0.05, 0) is 78.1 Å². The van der Waals surface area contributed by atoms with E-state index in [0.29, 0.717) is 12.5 Å². The van der Waals surface area contributed by atoms with Gasteiger partial charge in [-0.25, -0.2) is 0 Å². The zero-order valence-electron chi connectivity index (χ0n) is 26.4. The Balaban J connectivity index is 1.24. The highest BCUT2D eigenvalue weighted by Gasteiger charge is 2.51. The zero-order valence-corrected chi connectivity index (χ0v) is 26.4. The molecule has 234 valence electrons. The summed E-state index contributed by atoms with van der Waals surface area (Å²) < 4.78 is 18.1. The van der Waals surface area contributed by atoms with E-state index in [1.54, 1.807) is 7.11 Å². The van der Waals surface area contributed by atoms with Gasteiger partial charge in [-0.1, -0.05) is 98.1 Å². The van der Waals surface area contributed by atoms with Crippen LogP contribution in [-0.2, 0) is 29.0 Å². The highest BCUT2D eigenvalue weighted by atomic mass is 16.5. The Kier molecular flexibility index (Phi) is 10.2. The van der Waals surface area contributed by atoms with Crippen LogP contribution in [0.2, 0.25) is 0 Å². The molecule has 4 aromatic carbocycles. The van der Waals surface area contributed by atoms with Crippen molar-refractivity contribution in [2.24, 2.45) is 11.3 Å². The number of methoxy groups -OCH3 is 1. The van der Waals surface area contributed by atoms with Gasteiger partial charge in [-0.3, -0.25) is 4.79 Å². The minimum absolute atomic E-state index is 0.0355. The minimum atomic E-state index is -0.283. The number of fused-ring (bicyclic) bond motifs is 3. The lowest BCUT2D eigenvalue weighted by atomic mass is 9.61. The summed E-state index contributed by atoms with van der Waals surface area (Å²) in [6.45, 7) is 1.55. The average molecular weight is 604 g/mol. The summed E-state index contributed by atoms with van der Waals surface area (Å²) in [5.74, 6) is 2.23. The normalized spacial score (nSPS) is 19.5. The smallest absolute Gasteiger partial charge is 0.312 e. The molecule has 0 heterocycles. The third kappa shape index (κ3) is 7.77. The van der Waals surface area contributed by atoms with Crippen LogP contribution in [0.3, 0.4) is 0 Å². The number of esters is 1. The van der Waals surface area contributed by atoms with E-state index >= 15 is 0 Å². The van der Waals surface area contributed by atoms with Crippen LogP contribution in [0.15, 0.2) is 103 Å². The first kappa shape index (κ1) is 30.9. The van der Waals surface area contributed by atoms with Gasteiger partial charge in [0.15, 0.2) is 0 Å². The van der Waals surface area contributed by atoms with E-state index in [-0.39, 0.29) is 24.0 Å². The van der Waals surface area contributed by atoms with Gasteiger partial charge in [0.2, 0.25) is 0 Å².